The van der Waals surface area contributed by atoms with Gasteiger partial charge < -0.3 is 9.47 Å². The van der Waals surface area contributed by atoms with Gasteiger partial charge >= 0.3 is 0 Å². The number of hydrogen-bond donors (Lipinski definition) is 0. The number of hydrogen-bond acceptors (Lipinski definition) is 6. The summed E-state index contributed by atoms with van der Waals surface area (Å²) in [5.74, 6) is 1.77. The van der Waals surface area contributed by atoms with E-state index in [-0.39, 0.29) is 5.78 Å². The van der Waals surface area contributed by atoms with Gasteiger partial charge in [0.25, 0.3) is 0 Å². The Hall–Kier alpha value is -2.05. The number of carbonyl (C=O) groups is 1. The topological polar surface area (TPSA) is 48.4 Å². The first kappa shape index (κ1) is 14.5. The van der Waals surface area contributed by atoms with Gasteiger partial charge in [-0.1, -0.05) is 23.9 Å². The molecule has 0 radical (unpaired) electrons. The zero-order chi connectivity index (χ0) is 15.6. The van der Waals surface area contributed by atoms with Crippen LogP contribution in [0.1, 0.15) is 10.4 Å². The van der Waals surface area contributed by atoms with Crippen LogP contribution < -0.4 is 9.47 Å². The molecule has 4 rings (SSSR count). The minimum absolute atomic E-state index is 0.0613. The van der Waals surface area contributed by atoms with Crippen LogP contribution in [0.4, 0.5) is 0 Å². The first-order valence-corrected chi connectivity index (χ1v) is 9.01. The number of ether oxygens (including phenoxy) is 2. The van der Waals surface area contributed by atoms with Crippen molar-refractivity contribution in [1.29, 1.82) is 0 Å². The Labute approximate surface area is 141 Å². The molecule has 1 aromatic heterocycles. The van der Waals surface area contributed by atoms with Gasteiger partial charge in [0.2, 0.25) is 0 Å². The highest BCUT2D eigenvalue weighted by Gasteiger charge is 2.15. The van der Waals surface area contributed by atoms with Crippen LogP contribution in [0.2, 0.25) is 0 Å². The van der Waals surface area contributed by atoms with E-state index in [1.54, 1.807) is 29.5 Å². The Kier molecular flexibility index (Phi) is 3.93. The van der Waals surface area contributed by atoms with Crippen LogP contribution in [-0.4, -0.2) is 29.7 Å². The van der Waals surface area contributed by atoms with Crippen LogP contribution in [0.3, 0.4) is 0 Å². The fraction of sp³-hybridized carbons (Fsp3) is 0.176. The highest BCUT2D eigenvalue weighted by molar-refractivity contribution is 8.01. The maximum atomic E-state index is 12.4. The molecule has 1 aliphatic rings. The number of aromatic nitrogens is 1. The zero-order valence-corrected chi connectivity index (χ0v) is 13.8. The van der Waals surface area contributed by atoms with Crippen molar-refractivity contribution in [1.82, 2.24) is 4.98 Å². The lowest BCUT2D eigenvalue weighted by atomic mass is 10.1. The molecule has 1 aliphatic heterocycles. The summed E-state index contributed by atoms with van der Waals surface area (Å²) >= 11 is 3.08. The van der Waals surface area contributed by atoms with Gasteiger partial charge in [-0.2, -0.15) is 0 Å². The number of thiazole rings is 1. The van der Waals surface area contributed by atoms with E-state index in [9.17, 15) is 4.79 Å². The predicted molar refractivity (Wildman–Crippen MR) is 92.1 cm³/mol. The molecule has 23 heavy (non-hydrogen) atoms. The quantitative estimate of drug-likeness (QED) is 0.528. The van der Waals surface area contributed by atoms with Gasteiger partial charge in [-0.15, -0.1) is 11.3 Å². The molecule has 4 nitrogen and oxygen atoms in total. The minimum atomic E-state index is 0.0613. The van der Waals surface area contributed by atoms with Crippen molar-refractivity contribution in [3.8, 4) is 11.5 Å². The van der Waals surface area contributed by atoms with E-state index in [1.165, 1.54) is 11.8 Å². The lowest BCUT2D eigenvalue weighted by Crippen LogP contribution is -2.16. The molecule has 116 valence electrons. The van der Waals surface area contributed by atoms with Crippen LogP contribution in [-0.2, 0) is 0 Å². The molecule has 0 amide bonds. The highest BCUT2D eigenvalue weighted by atomic mass is 32.2. The van der Waals surface area contributed by atoms with Gasteiger partial charge in [0.1, 0.15) is 13.2 Å². The number of ketones is 1. The Morgan fingerprint density at radius 1 is 1.13 bits per heavy atom. The maximum Gasteiger partial charge on any atom is 0.173 e. The number of Topliss-reactive ketones (excluding diaryl/α,β-unsaturated/α-hetero) is 1. The third-order valence-electron chi connectivity index (χ3n) is 3.47. The molecule has 0 N–H and O–H groups in total. The van der Waals surface area contributed by atoms with Crippen molar-refractivity contribution >= 4 is 39.1 Å². The molecule has 6 heteroatoms. The number of thioether (sulfide) groups is 1. The van der Waals surface area contributed by atoms with Gasteiger partial charge in [0.15, 0.2) is 21.6 Å². The summed E-state index contributed by atoms with van der Waals surface area (Å²) in [6, 6.07) is 13.3. The smallest absolute Gasteiger partial charge is 0.173 e. The second-order valence-corrected chi connectivity index (χ2v) is 7.27. The average molecular weight is 343 g/mol. The number of fused-ring (bicyclic) bond motifs is 2. The summed E-state index contributed by atoms with van der Waals surface area (Å²) < 4.78 is 13.0. The van der Waals surface area contributed by atoms with Crippen LogP contribution >= 0.6 is 23.1 Å². The van der Waals surface area contributed by atoms with Gasteiger partial charge in [-0.25, -0.2) is 4.98 Å². The van der Waals surface area contributed by atoms with Crippen molar-refractivity contribution in [3.05, 3.63) is 48.0 Å². The SMILES string of the molecule is O=C(CSc1nc2ccccc2s1)c1ccc2c(c1)OCCO2. The Bertz CT molecular complexity index is 842. The third-order valence-corrected chi connectivity index (χ3v) is 5.64. The number of carbonyl (C=O) groups excluding carboxylic acids is 1. The molecule has 0 saturated heterocycles. The van der Waals surface area contributed by atoms with E-state index in [0.717, 1.165) is 14.6 Å². The normalized spacial score (nSPS) is 13.2. The largest absolute Gasteiger partial charge is 0.486 e. The van der Waals surface area contributed by atoms with Crippen molar-refractivity contribution in [2.24, 2.45) is 0 Å². The molecular weight excluding hydrogens is 330 g/mol. The second-order valence-electron chi connectivity index (χ2n) is 5.02. The Balaban J connectivity index is 1.47. The monoisotopic (exact) mass is 343 g/mol. The van der Waals surface area contributed by atoms with Gasteiger partial charge in [0.05, 0.1) is 16.0 Å². The average Bonchev–Trinajstić information content (AvgIpc) is 3.02. The number of nitrogens with zero attached hydrogens (tertiary/aromatic N) is 1. The first-order chi connectivity index (χ1) is 11.3. The summed E-state index contributed by atoms with van der Waals surface area (Å²) in [6.07, 6.45) is 0. The van der Waals surface area contributed by atoms with Crippen LogP contribution in [0.25, 0.3) is 10.2 Å². The molecule has 2 heterocycles. The van der Waals surface area contributed by atoms with Crippen molar-refractivity contribution in [3.63, 3.8) is 0 Å². The van der Waals surface area contributed by atoms with Crippen molar-refractivity contribution < 1.29 is 14.3 Å². The molecule has 2 aromatic carbocycles. The fourth-order valence-electron chi connectivity index (χ4n) is 2.34. The van der Waals surface area contributed by atoms with Crippen molar-refractivity contribution in [2.45, 2.75) is 4.34 Å². The second kappa shape index (κ2) is 6.22. The Morgan fingerprint density at radius 2 is 1.96 bits per heavy atom. The van der Waals surface area contributed by atoms with E-state index < -0.39 is 0 Å². The summed E-state index contributed by atoms with van der Waals surface area (Å²) in [4.78, 5) is 16.9. The molecule has 0 fully saturated rings. The van der Waals surface area contributed by atoms with E-state index >= 15 is 0 Å². The van der Waals surface area contributed by atoms with E-state index in [4.69, 9.17) is 9.47 Å². The van der Waals surface area contributed by atoms with E-state index in [0.29, 0.717) is 36.0 Å². The molecule has 3 aromatic rings. The van der Waals surface area contributed by atoms with Gasteiger partial charge in [-0.3, -0.25) is 4.79 Å². The van der Waals surface area contributed by atoms with Gasteiger partial charge in [0, 0.05) is 5.56 Å². The minimum Gasteiger partial charge on any atom is -0.486 e. The first-order valence-electron chi connectivity index (χ1n) is 7.21. The third kappa shape index (κ3) is 3.04. The van der Waals surface area contributed by atoms with Crippen LogP contribution in [0, 0.1) is 0 Å². The summed E-state index contributed by atoms with van der Waals surface area (Å²) in [5.41, 5.74) is 1.62. The Morgan fingerprint density at radius 3 is 2.83 bits per heavy atom. The molecule has 0 spiro atoms. The lowest BCUT2D eigenvalue weighted by molar-refractivity contribution is 0.102. The molecule has 0 atom stereocenters. The molecule has 0 bridgehead atoms. The maximum absolute atomic E-state index is 12.4. The lowest BCUT2D eigenvalue weighted by Gasteiger charge is -2.18. The van der Waals surface area contributed by atoms with E-state index in [2.05, 4.69) is 4.98 Å². The van der Waals surface area contributed by atoms with Crippen molar-refractivity contribution in [2.75, 3.05) is 19.0 Å². The van der Waals surface area contributed by atoms with E-state index in [1.807, 2.05) is 24.3 Å². The molecule has 0 aliphatic carbocycles. The molecule has 0 unspecified atom stereocenters. The number of benzene rings is 2. The summed E-state index contributed by atoms with van der Waals surface area (Å²) in [7, 11) is 0. The summed E-state index contributed by atoms with van der Waals surface area (Å²) in [5, 5.41) is 0. The number of rotatable bonds is 4. The van der Waals surface area contributed by atoms with Crippen LogP contribution in [0.15, 0.2) is 46.8 Å². The predicted octanol–water partition coefficient (Wildman–Crippen LogP) is 4.04. The standard InChI is InChI=1S/C17H13NO3S2/c19-13(11-5-6-14-15(9-11)21-8-7-20-14)10-22-17-18-12-3-1-2-4-16(12)23-17/h1-6,9H,7-8,10H2. The van der Waals surface area contributed by atoms with Gasteiger partial charge in [-0.05, 0) is 30.3 Å². The van der Waals surface area contributed by atoms with Crippen LogP contribution in [0.5, 0.6) is 11.5 Å². The molecular formula is C17H13NO3S2. The zero-order valence-electron chi connectivity index (χ0n) is 12.2. The number of para-hydroxylation sites is 1. The summed E-state index contributed by atoms with van der Waals surface area (Å²) in [6.45, 7) is 1.07. The highest BCUT2D eigenvalue weighted by Crippen LogP contribution is 2.32. The fourth-order valence-corrected chi connectivity index (χ4v) is 4.30. The molecule has 0 saturated carbocycles.